The molecule has 5 heteroatoms. The average Bonchev–Trinajstić information content (AvgIpc) is 2.17. The number of pyridine rings is 1. The molecule has 1 N–H and O–H groups in total. The first-order chi connectivity index (χ1) is 7.09. The van der Waals surface area contributed by atoms with Crippen molar-refractivity contribution >= 4 is 29.2 Å². The molecule has 0 aliphatic carbocycles. The Labute approximate surface area is 98.0 Å². The van der Waals surface area contributed by atoms with Crippen LogP contribution in [0.1, 0.15) is 28.9 Å². The molecule has 0 saturated heterocycles. The fraction of sp³-hybridized carbons (Fsp3) is 0.400. The minimum atomic E-state index is -1.01. The maximum Gasteiger partial charge on any atom is 0.354 e. The third-order valence-corrected chi connectivity index (χ3v) is 2.37. The zero-order valence-electron chi connectivity index (χ0n) is 7.99. The number of hydrogen-bond acceptors (Lipinski definition) is 2. The Hall–Kier alpha value is -0.800. The van der Waals surface area contributed by atoms with Gasteiger partial charge < -0.3 is 5.11 Å². The Kier molecular flexibility index (Phi) is 4.85. The van der Waals surface area contributed by atoms with Crippen LogP contribution >= 0.6 is 23.2 Å². The Morgan fingerprint density at radius 3 is 2.87 bits per heavy atom. The van der Waals surface area contributed by atoms with Gasteiger partial charge in [0.1, 0.15) is 10.5 Å². The van der Waals surface area contributed by atoms with E-state index in [9.17, 15) is 4.79 Å². The van der Waals surface area contributed by atoms with Crippen LogP contribution in [0.25, 0.3) is 0 Å². The Bertz CT molecular complexity index is 342. The van der Waals surface area contributed by atoms with Gasteiger partial charge in [-0.3, -0.25) is 0 Å². The second kappa shape index (κ2) is 5.93. The normalized spacial score (nSPS) is 10.6. The second-order valence-electron chi connectivity index (χ2n) is 3.14. The summed E-state index contributed by atoms with van der Waals surface area (Å²) in [6.45, 7) is 0. The highest BCUT2D eigenvalue weighted by atomic mass is 35.5. The summed E-state index contributed by atoms with van der Waals surface area (Å²) in [7, 11) is 0. The second-order valence-corrected chi connectivity index (χ2v) is 4.41. The first-order valence-corrected chi connectivity index (χ1v) is 5.43. The van der Waals surface area contributed by atoms with Crippen LogP contribution < -0.4 is 0 Å². The van der Waals surface area contributed by atoms with Crippen LogP contribution in [-0.4, -0.2) is 20.9 Å². The number of hydrogen-bond donors (Lipinski definition) is 1. The smallest absolute Gasteiger partial charge is 0.354 e. The molecule has 1 aromatic heterocycles. The number of aromatic nitrogens is 1. The van der Waals surface area contributed by atoms with E-state index in [0.717, 1.165) is 18.4 Å². The van der Waals surface area contributed by atoms with Crippen molar-refractivity contribution in [3.8, 4) is 0 Å². The van der Waals surface area contributed by atoms with E-state index in [1.54, 1.807) is 12.1 Å². The summed E-state index contributed by atoms with van der Waals surface area (Å²) < 4.78 is 0. The molecule has 1 aromatic rings. The molecular weight excluding hydrogens is 237 g/mol. The van der Waals surface area contributed by atoms with Gasteiger partial charge in [0.15, 0.2) is 0 Å². The van der Waals surface area contributed by atoms with E-state index in [4.69, 9.17) is 28.3 Å². The molecule has 3 nitrogen and oxygen atoms in total. The molecule has 0 bridgehead atoms. The lowest BCUT2D eigenvalue weighted by Crippen LogP contribution is -2.01. The fourth-order valence-corrected chi connectivity index (χ4v) is 1.52. The molecule has 82 valence electrons. The largest absolute Gasteiger partial charge is 0.477 e. The highest BCUT2D eigenvalue weighted by Gasteiger charge is 2.05. The third kappa shape index (κ3) is 4.49. The van der Waals surface area contributed by atoms with Gasteiger partial charge in [-0.1, -0.05) is 0 Å². The number of carboxylic acids is 1. The van der Waals surface area contributed by atoms with Crippen LogP contribution in [0.5, 0.6) is 0 Å². The average molecular weight is 248 g/mol. The first-order valence-electron chi connectivity index (χ1n) is 4.56. The van der Waals surface area contributed by atoms with Gasteiger partial charge in [-0.15, -0.1) is 23.2 Å². The minimum absolute atomic E-state index is 0.0702. The van der Waals surface area contributed by atoms with Crippen LogP contribution in [0, 0.1) is 0 Å². The van der Waals surface area contributed by atoms with E-state index >= 15 is 0 Å². The van der Waals surface area contributed by atoms with Gasteiger partial charge in [-0.25, -0.2) is 9.78 Å². The van der Waals surface area contributed by atoms with Crippen molar-refractivity contribution in [2.24, 2.45) is 0 Å². The summed E-state index contributed by atoms with van der Waals surface area (Å²) in [6, 6.07) is 3.36. The maximum absolute atomic E-state index is 10.6. The lowest BCUT2D eigenvalue weighted by molar-refractivity contribution is 0.0690. The summed E-state index contributed by atoms with van der Waals surface area (Å²) in [4.78, 5) is 14.0. The van der Waals surface area contributed by atoms with Gasteiger partial charge in [-0.2, -0.15) is 0 Å². The van der Waals surface area contributed by atoms with E-state index in [-0.39, 0.29) is 10.5 Å². The molecule has 1 rings (SSSR count). The molecule has 0 aromatic carbocycles. The number of carbonyl (C=O) groups is 1. The van der Waals surface area contributed by atoms with Crippen molar-refractivity contribution in [3.63, 3.8) is 0 Å². The van der Waals surface area contributed by atoms with Crippen molar-refractivity contribution < 1.29 is 9.90 Å². The van der Waals surface area contributed by atoms with Gasteiger partial charge in [0.05, 0.1) is 0 Å². The number of carboxylic acid groups (broad SMARTS) is 1. The van der Waals surface area contributed by atoms with E-state index in [2.05, 4.69) is 4.98 Å². The van der Waals surface area contributed by atoms with Crippen LogP contribution in [0.2, 0.25) is 0 Å². The van der Waals surface area contributed by atoms with Crippen LogP contribution in [-0.2, 0) is 6.42 Å². The van der Waals surface area contributed by atoms with Crippen molar-refractivity contribution in [1.29, 1.82) is 0 Å². The number of nitrogens with zero attached hydrogens (tertiary/aromatic N) is 1. The van der Waals surface area contributed by atoms with Gasteiger partial charge >= 0.3 is 5.97 Å². The highest BCUT2D eigenvalue weighted by molar-refractivity contribution is 6.44. The molecule has 0 amide bonds. The summed E-state index contributed by atoms with van der Waals surface area (Å²) in [5.74, 6) is -1.01. The topological polar surface area (TPSA) is 50.2 Å². The lowest BCUT2D eigenvalue weighted by atomic mass is 10.1. The quantitative estimate of drug-likeness (QED) is 0.815. The molecule has 0 aliphatic heterocycles. The van der Waals surface area contributed by atoms with Gasteiger partial charge in [0.2, 0.25) is 0 Å². The van der Waals surface area contributed by atoms with Crippen LogP contribution in [0.4, 0.5) is 0 Å². The van der Waals surface area contributed by atoms with Crippen molar-refractivity contribution in [2.45, 2.75) is 24.1 Å². The molecule has 0 aliphatic rings. The molecule has 0 saturated carbocycles. The van der Waals surface area contributed by atoms with E-state index in [1.165, 1.54) is 6.20 Å². The zero-order chi connectivity index (χ0) is 11.3. The molecule has 15 heavy (non-hydrogen) atoms. The Morgan fingerprint density at radius 1 is 1.53 bits per heavy atom. The summed E-state index contributed by atoms with van der Waals surface area (Å²) in [5.41, 5.74) is 1.01. The van der Waals surface area contributed by atoms with Gasteiger partial charge in [0, 0.05) is 6.20 Å². The standard InChI is InChI=1S/C10H11Cl2NO2/c11-9(12)3-1-2-7-4-5-13-8(6-7)10(14)15/h4-6,9H,1-3H2,(H,14,15). The molecule has 0 fully saturated rings. The number of halogens is 2. The number of rotatable bonds is 5. The monoisotopic (exact) mass is 247 g/mol. The minimum Gasteiger partial charge on any atom is -0.477 e. The number of aryl methyl sites for hydroxylation is 1. The highest BCUT2D eigenvalue weighted by Crippen LogP contribution is 2.13. The molecule has 0 radical (unpaired) electrons. The molecule has 0 unspecified atom stereocenters. The van der Waals surface area contributed by atoms with E-state index in [0.29, 0.717) is 6.42 Å². The Morgan fingerprint density at radius 2 is 2.27 bits per heavy atom. The SMILES string of the molecule is O=C(O)c1cc(CCCC(Cl)Cl)ccn1. The van der Waals surface area contributed by atoms with Crippen molar-refractivity contribution in [3.05, 3.63) is 29.6 Å². The predicted molar refractivity (Wildman–Crippen MR) is 59.6 cm³/mol. The lowest BCUT2D eigenvalue weighted by Gasteiger charge is -2.02. The Balaban J connectivity index is 2.54. The molecule has 0 atom stereocenters. The van der Waals surface area contributed by atoms with E-state index < -0.39 is 5.97 Å². The number of aromatic carboxylic acids is 1. The molecule has 1 heterocycles. The third-order valence-electron chi connectivity index (χ3n) is 1.93. The summed E-state index contributed by atoms with van der Waals surface area (Å²) in [6.07, 6.45) is 3.80. The number of alkyl halides is 2. The first kappa shape index (κ1) is 12.3. The van der Waals surface area contributed by atoms with Crippen LogP contribution in [0.3, 0.4) is 0 Å². The summed E-state index contributed by atoms with van der Waals surface area (Å²) >= 11 is 11.2. The van der Waals surface area contributed by atoms with Gasteiger partial charge in [-0.05, 0) is 37.0 Å². The molecular formula is C10H11Cl2NO2. The fourth-order valence-electron chi connectivity index (χ4n) is 1.21. The van der Waals surface area contributed by atoms with Crippen molar-refractivity contribution in [1.82, 2.24) is 4.98 Å². The molecule has 0 spiro atoms. The summed E-state index contributed by atoms with van der Waals surface area (Å²) in [5, 5.41) is 8.72. The maximum atomic E-state index is 10.6. The van der Waals surface area contributed by atoms with Crippen molar-refractivity contribution in [2.75, 3.05) is 0 Å². The van der Waals surface area contributed by atoms with Gasteiger partial charge in [0.25, 0.3) is 0 Å². The zero-order valence-corrected chi connectivity index (χ0v) is 9.50. The van der Waals surface area contributed by atoms with Crippen LogP contribution in [0.15, 0.2) is 18.3 Å². The predicted octanol–water partition coefficient (Wildman–Crippen LogP) is 2.91. The van der Waals surface area contributed by atoms with E-state index in [1.807, 2.05) is 0 Å².